The Bertz CT molecular complexity index is 431. The van der Waals surface area contributed by atoms with Crippen LogP contribution in [0.3, 0.4) is 0 Å². The van der Waals surface area contributed by atoms with Crippen molar-refractivity contribution in [3.05, 3.63) is 28.2 Å². The number of piperazine rings is 1. The van der Waals surface area contributed by atoms with Crippen molar-refractivity contribution < 1.29 is 4.48 Å². The highest BCUT2D eigenvalue weighted by Gasteiger charge is 2.36. The van der Waals surface area contributed by atoms with E-state index >= 15 is 0 Å². The maximum atomic E-state index is 6.30. The van der Waals surface area contributed by atoms with Crippen LogP contribution < -0.4 is 4.90 Å². The van der Waals surface area contributed by atoms with E-state index in [0.29, 0.717) is 10.0 Å². The molecule has 1 aromatic carbocycles. The molecule has 0 saturated carbocycles. The van der Waals surface area contributed by atoms with Crippen LogP contribution in [0.25, 0.3) is 0 Å². The maximum absolute atomic E-state index is 6.30. The third-order valence-corrected chi connectivity index (χ3v) is 5.28. The van der Waals surface area contributed by atoms with Crippen LogP contribution in [0.1, 0.15) is 12.8 Å². The molecule has 0 atom stereocenters. The molecule has 98 valence electrons. The number of hydrogen-bond donors (Lipinski definition) is 0. The maximum Gasteiger partial charge on any atom is 0.0965 e. The lowest BCUT2D eigenvalue weighted by atomic mass is 10.2. The summed E-state index contributed by atoms with van der Waals surface area (Å²) in [6.07, 6.45) is 2.80. The molecule has 2 fully saturated rings. The van der Waals surface area contributed by atoms with Gasteiger partial charge in [0.2, 0.25) is 0 Å². The topological polar surface area (TPSA) is 3.24 Å². The summed E-state index contributed by atoms with van der Waals surface area (Å²) >= 11 is 12.4. The fourth-order valence-corrected chi connectivity index (χ4v) is 3.74. The molecule has 0 amide bonds. The van der Waals surface area contributed by atoms with E-state index in [9.17, 15) is 0 Å². The predicted molar refractivity (Wildman–Crippen MR) is 77.6 cm³/mol. The normalized spacial score (nSPS) is 22.7. The van der Waals surface area contributed by atoms with Gasteiger partial charge in [-0.25, -0.2) is 0 Å². The fraction of sp³-hybridized carbons (Fsp3) is 0.571. The van der Waals surface area contributed by atoms with Crippen molar-refractivity contribution in [2.45, 2.75) is 12.8 Å². The van der Waals surface area contributed by atoms with Crippen molar-refractivity contribution in [3.63, 3.8) is 0 Å². The molecule has 18 heavy (non-hydrogen) atoms. The number of rotatable bonds is 1. The van der Waals surface area contributed by atoms with E-state index < -0.39 is 0 Å². The van der Waals surface area contributed by atoms with Crippen molar-refractivity contribution in [2.24, 2.45) is 0 Å². The summed E-state index contributed by atoms with van der Waals surface area (Å²) in [7, 11) is 0. The summed E-state index contributed by atoms with van der Waals surface area (Å²) in [6, 6.07) is 5.91. The number of benzene rings is 1. The first-order chi connectivity index (χ1) is 8.70. The zero-order valence-corrected chi connectivity index (χ0v) is 12.1. The first-order valence-corrected chi connectivity index (χ1v) is 7.50. The molecule has 0 aromatic heterocycles. The molecule has 4 heteroatoms. The van der Waals surface area contributed by atoms with E-state index in [1.54, 1.807) is 0 Å². The van der Waals surface area contributed by atoms with Gasteiger partial charge in [0.05, 0.1) is 55.0 Å². The molecule has 0 aliphatic carbocycles. The lowest BCUT2D eigenvalue weighted by Crippen LogP contribution is -2.58. The summed E-state index contributed by atoms with van der Waals surface area (Å²) in [6.45, 7) is 7.44. The lowest BCUT2D eigenvalue weighted by Gasteiger charge is -2.43. The molecule has 0 unspecified atom stereocenters. The van der Waals surface area contributed by atoms with Gasteiger partial charge in [0.25, 0.3) is 0 Å². The van der Waals surface area contributed by atoms with Crippen LogP contribution in [-0.2, 0) is 0 Å². The molecule has 1 spiro atoms. The predicted octanol–water partition coefficient (Wildman–Crippen LogP) is 3.42. The zero-order chi connectivity index (χ0) is 12.6. The van der Waals surface area contributed by atoms with Crippen LogP contribution in [0.15, 0.2) is 18.2 Å². The Morgan fingerprint density at radius 3 is 2.28 bits per heavy atom. The minimum atomic E-state index is 0.657. The Hall–Kier alpha value is -0.440. The van der Waals surface area contributed by atoms with Gasteiger partial charge in [-0.1, -0.05) is 29.3 Å². The molecule has 2 heterocycles. The Balaban J connectivity index is 1.74. The minimum absolute atomic E-state index is 0.657. The van der Waals surface area contributed by atoms with E-state index in [2.05, 4.69) is 11.0 Å². The molecule has 1 aromatic rings. The number of hydrogen-bond acceptors (Lipinski definition) is 1. The Labute approximate surface area is 119 Å². The van der Waals surface area contributed by atoms with Crippen LogP contribution >= 0.6 is 23.2 Å². The lowest BCUT2D eigenvalue weighted by molar-refractivity contribution is -0.917. The average molecular weight is 286 g/mol. The second-order valence-corrected chi connectivity index (χ2v) is 6.29. The van der Waals surface area contributed by atoms with Gasteiger partial charge in [-0.3, -0.25) is 0 Å². The van der Waals surface area contributed by atoms with E-state index in [4.69, 9.17) is 23.2 Å². The average Bonchev–Trinajstić information content (AvgIpc) is 2.83. The van der Waals surface area contributed by atoms with Crippen LogP contribution in [0.5, 0.6) is 0 Å². The van der Waals surface area contributed by atoms with Crippen LogP contribution in [0, 0.1) is 0 Å². The van der Waals surface area contributed by atoms with Crippen molar-refractivity contribution in [3.8, 4) is 0 Å². The Kier molecular flexibility index (Phi) is 3.44. The number of quaternary nitrogens is 1. The molecule has 0 radical (unpaired) electrons. The second kappa shape index (κ2) is 4.92. The van der Waals surface area contributed by atoms with Gasteiger partial charge in [-0.2, -0.15) is 0 Å². The van der Waals surface area contributed by atoms with Gasteiger partial charge in [0, 0.05) is 12.8 Å². The summed E-state index contributed by atoms with van der Waals surface area (Å²) in [5.74, 6) is 0. The summed E-state index contributed by atoms with van der Waals surface area (Å²) in [5.41, 5.74) is 1.10. The van der Waals surface area contributed by atoms with Crippen LogP contribution in [-0.4, -0.2) is 43.8 Å². The van der Waals surface area contributed by atoms with Gasteiger partial charge < -0.3 is 9.38 Å². The molecule has 0 bridgehead atoms. The smallest absolute Gasteiger partial charge is 0.0965 e. The first-order valence-electron chi connectivity index (χ1n) is 6.74. The fourth-order valence-electron chi connectivity index (χ4n) is 3.32. The molecular weight excluding hydrogens is 267 g/mol. The Morgan fingerprint density at radius 1 is 0.944 bits per heavy atom. The van der Waals surface area contributed by atoms with E-state index in [-0.39, 0.29) is 0 Å². The van der Waals surface area contributed by atoms with E-state index in [1.807, 2.05) is 12.1 Å². The van der Waals surface area contributed by atoms with Crippen molar-refractivity contribution >= 4 is 28.9 Å². The van der Waals surface area contributed by atoms with Gasteiger partial charge in [-0.15, -0.1) is 0 Å². The van der Waals surface area contributed by atoms with Crippen molar-refractivity contribution in [2.75, 3.05) is 44.2 Å². The number of anilines is 1. The largest absolute Gasteiger partial charge is 0.359 e. The van der Waals surface area contributed by atoms with E-state index in [1.165, 1.54) is 43.5 Å². The summed E-state index contributed by atoms with van der Waals surface area (Å²) < 4.78 is 1.33. The molecule has 2 saturated heterocycles. The molecule has 2 aliphatic rings. The zero-order valence-electron chi connectivity index (χ0n) is 10.5. The Morgan fingerprint density at radius 2 is 1.61 bits per heavy atom. The molecule has 2 nitrogen and oxygen atoms in total. The SMILES string of the molecule is Clc1cccc(N2CC[N+]3(CCCC3)CC2)c1Cl. The molecule has 2 aliphatic heterocycles. The molecular formula is C14H19Cl2N2+. The van der Waals surface area contributed by atoms with Crippen LogP contribution in [0.2, 0.25) is 10.0 Å². The summed E-state index contributed by atoms with van der Waals surface area (Å²) in [4.78, 5) is 2.38. The van der Waals surface area contributed by atoms with Crippen LogP contribution in [0.4, 0.5) is 5.69 Å². The third kappa shape index (κ3) is 2.22. The second-order valence-electron chi connectivity index (χ2n) is 5.50. The molecule has 3 rings (SSSR count). The van der Waals surface area contributed by atoms with Gasteiger partial charge in [0.1, 0.15) is 0 Å². The monoisotopic (exact) mass is 285 g/mol. The standard InChI is InChI=1S/C14H19Cl2N2/c15-12-4-3-5-13(14(12)16)17-6-10-18(11-7-17)8-1-2-9-18/h3-5H,1-2,6-11H2/q+1. The molecule has 0 N–H and O–H groups in total. The number of halogens is 2. The quantitative estimate of drug-likeness (QED) is 0.715. The van der Waals surface area contributed by atoms with Crippen molar-refractivity contribution in [1.82, 2.24) is 0 Å². The van der Waals surface area contributed by atoms with E-state index in [0.717, 1.165) is 18.8 Å². The van der Waals surface area contributed by atoms with Gasteiger partial charge in [-0.05, 0) is 12.1 Å². The summed E-state index contributed by atoms with van der Waals surface area (Å²) in [5, 5.41) is 1.36. The highest BCUT2D eigenvalue weighted by Crippen LogP contribution is 2.34. The number of nitrogens with zero attached hydrogens (tertiary/aromatic N) is 2. The highest BCUT2D eigenvalue weighted by atomic mass is 35.5. The van der Waals surface area contributed by atoms with Gasteiger partial charge in [0.15, 0.2) is 0 Å². The third-order valence-electron chi connectivity index (χ3n) is 4.48. The highest BCUT2D eigenvalue weighted by molar-refractivity contribution is 6.43. The minimum Gasteiger partial charge on any atom is -0.359 e. The van der Waals surface area contributed by atoms with Crippen molar-refractivity contribution in [1.29, 1.82) is 0 Å². The van der Waals surface area contributed by atoms with Gasteiger partial charge >= 0.3 is 0 Å². The first kappa shape index (κ1) is 12.6.